The second-order valence-corrected chi connectivity index (χ2v) is 7.11. The van der Waals surface area contributed by atoms with E-state index in [1.807, 2.05) is 37.3 Å². The molecule has 0 aliphatic heterocycles. The number of aryl methyl sites for hydroxylation is 1. The van der Waals surface area contributed by atoms with Gasteiger partial charge in [-0.2, -0.15) is 5.10 Å². The van der Waals surface area contributed by atoms with Gasteiger partial charge in [0.15, 0.2) is 0 Å². The van der Waals surface area contributed by atoms with Crippen molar-refractivity contribution in [2.75, 3.05) is 18.1 Å². The second kappa shape index (κ2) is 6.93. The molecule has 0 aliphatic rings. The first-order chi connectivity index (χ1) is 10.8. The minimum absolute atomic E-state index is 0.0539. The van der Waals surface area contributed by atoms with Crippen LogP contribution in [0.3, 0.4) is 0 Å². The number of sulfonamides is 1. The molecule has 7 nitrogen and oxygen atoms in total. The number of nitrogens with one attached hydrogen (secondary N) is 2. The van der Waals surface area contributed by atoms with Crippen LogP contribution in [0.1, 0.15) is 12.0 Å². The van der Waals surface area contributed by atoms with Crippen LogP contribution >= 0.6 is 0 Å². The summed E-state index contributed by atoms with van der Waals surface area (Å²) in [4.78, 5) is 12.0. The zero-order valence-corrected chi connectivity index (χ0v) is 14.1. The predicted molar refractivity (Wildman–Crippen MR) is 89.5 cm³/mol. The maximum atomic E-state index is 12.0. The number of anilines is 1. The molecule has 124 valence electrons. The first-order valence-electron chi connectivity index (χ1n) is 7.11. The highest BCUT2D eigenvalue weighted by atomic mass is 32.2. The Labute approximate surface area is 135 Å². The van der Waals surface area contributed by atoms with Crippen LogP contribution < -0.4 is 10.0 Å². The van der Waals surface area contributed by atoms with Crippen molar-refractivity contribution in [3.05, 3.63) is 35.9 Å². The van der Waals surface area contributed by atoms with Crippen molar-refractivity contribution >= 4 is 21.7 Å². The van der Waals surface area contributed by atoms with E-state index in [2.05, 4.69) is 15.1 Å². The number of hydrogen-bond donors (Lipinski definition) is 2. The Kier molecular flexibility index (Phi) is 5.17. The molecule has 1 aromatic carbocycles. The maximum Gasteiger partial charge on any atom is 0.226 e. The molecule has 1 amide bonds. The van der Waals surface area contributed by atoms with Gasteiger partial charge in [-0.05, 0) is 6.92 Å². The lowest BCUT2D eigenvalue weighted by molar-refractivity contribution is -0.116. The molecule has 0 fully saturated rings. The molecule has 0 aliphatic carbocycles. The summed E-state index contributed by atoms with van der Waals surface area (Å²) in [6.45, 7) is 1.95. The molecule has 23 heavy (non-hydrogen) atoms. The van der Waals surface area contributed by atoms with Crippen molar-refractivity contribution in [1.29, 1.82) is 0 Å². The summed E-state index contributed by atoms with van der Waals surface area (Å²) in [6, 6.07) is 9.70. The molecule has 2 N–H and O–H groups in total. The first kappa shape index (κ1) is 17.2. The van der Waals surface area contributed by atoms with Crippen LogP contribution in [-0.2, 0) is 21.9 Å². The number of aromatic nitrogens is 2. The van der Waals surface area contributed by atoms with Crippen molar-refractivity contribution in [3.8, 4) is 11.3 Å². The van der Waals surface area contributed by atoms with Gasteiger partial charge in [0.1, 0.15) is 5.82 Å². The van der Waals surface area contributed by atoms with Crippen LogP contribution in [0, 0.1) is 6.92 Å². The molecule has 0 atom stereocenters. The Balaban J connectivity index is 2.09. The Bertz CT molecular complexity index is 798. The van der Waals surface area contributed by atoms with E-state index in [1.165, 1.54) is 0 Å². The average molecular weight is 336 g/mol. The normalized spacial score (nSPS) is 11.4. The van der Waals surface area contributed by atoms with Crippen molar-refractivity contribution in [1.82, 2.24) is 14.5 Å². The largest absolute Gasteiger partial charge is 0.311 e. The predicted octanol–water partition coefficient (Wildman–Crippen LogP) is 1.27. The van der Waals surface area contributed by atoms with Crippen LogP contribution in [-0.4, -0.2) is 36.9 Å². The summed E-state index contributed by atoms with van der Waals surface area (Å²) in [5.41, 5.74) is 2.64. The fourth-order valence-corrected chi connectivity index (χ4v) is 2.69. The summed E-state index contributed by atoms with van der Waals surface area (Å²) in [5.74, 6) is 0.333. The molecular formula is C15H20N4O3S. The fraction of sp³-hybridized carbons (Fsp3) is 0.333. The van der Waals surface area contributed by atoms with Gasteiger partial charge in [-0.25, -0.2) is 13.1 Å². The standard InChI is InChI=1S/C15H20N4O3S/c1-11-14(12-7-5-4-6-8-12)18-19(2)15(11)17-13(20)9-10-16-23(3,21)22/h4-8,16H,9-10H2,1-3H3,(H,17,20). The molecule has 1 heterocycles. The van der Waals surface area contributed by atoms with Crippen LogP contribution in [0.5, 0.6) is 0 Å². The number of carbonyl (C=O) groups excluding carboxylic acids is 1. The van der Waals surface area contributed by atoms with Crippen LogP contribution in [0.25, 0.3) is 11.3 Å². The summed E-state index contributed by atoms with van der Waals surface area (Å²) >= 11 is 0. The topological polar surface area (TPSA) is 93.1 Å². The van der Waals surface area contributed by atoms with Gasteiger partial charge in [-0.15, -0.1) is 0 Å². The van der Waals surface area contributed by atoms with E-state index in [-0.39, 0.29) is 18.9 Å². The minimum atomic E-state index is -3.29. The van der Waals surface area contributed by atoms with Crippen molar-refractivity contribution in [2.45, 2.75) is 13.3 Å². The maximum absolute atomic E-state index is 12.0. The van der Waals surface area contributed by atoms with Crippen molar-refractivity contribution < 1.29 is 13.2 Å². The summed E-state index contributed by atoms with van der Waals surface area (Å²) < 4.78 is 25.9. The number of nitrogens with zero attached hydrogens (tertiary/aromatic N) is 2. The molecular weight excluding hydrogens is 316 g/mol. The van der Waals surface area contributed by atoms with E-state index in [1.54, 1.807) is 11.7 Å². The van der Waals surface area contributed by atoms with Gasteiger partial charge in [0.05, 0.1) is 11.9 Å². The van der Waals surface area contributed by atoms with E-state index in [0.717, 1.165) is 23.1 Å². The number of rotatable bonds is 6. The number of hydrogen-bond acceptors (Lipinski definition) is 4. The number of carbonyl (C=O) groups is 1. The van der Waals surface area contributed by atoms with E-state index in [9.17, 15) is 13.2 Å². The molecule has 1 aromatic heterocycles. The Morgan fingerprint density at radius 3 is 2.52 bits per heavy atom. The number of benzene rings is 1. The molecule has 0 spiro atoms. The van der Waals surface area contributed by atoms with Crippen molar-refractivity contribution in [2.24, 2.45) is 7.05 Å². The van der Waals surface area contributed by atoms with Crippen LogP contribution in [0.15, 0.2) is 30.3 Å². The third-order valence-corrected chi connectivity index (χ3v) is 4.03. The summed E-state index contributed by atoms with van der Waals surface area (Å²) in [7, 11) is -1.53. The van der Waals surface area contributed by atoms with Gasteiger partial charge in [-0.3, -0.25) is 9.48 Å². The summed E-state index contributed by atoms with van der Waals surface area (Å²) in [5, 5.41) is 7.23. The van der Waals surface area contributed by atoms with Gasteiger partial charge >= 0.3 is 0 Å². The van der Waals surface area contributed by atoms with E-state index >= 15 is 0 Å². The van der Waals surface area contributed by atoms with Crippen LogP contribution in [0.4, 0.5) is 5.82 Å². The first-order valence-corrected chi connectivity index (χ1v) is 9.00. The molecule has 0 saturated heterocycles. The molecule has 8 heteroatoms. The van der Waals surface area contributed by atoms with Gasteiger partial charge in [-0.1, -0.05) is 30.3 Å². The van der Waals surface area contributed by atoms with Gasteiger partial charge < -0.3 is 5.32 Å². The highest BCUT2D eigenvalue weighted by Gasteiger charge is 2.16. The quantitative estimate of drug-likeness (QED) is 0.831. The van der Waals surface area contributed by atoms with Gasteiger partial charge in [0, 0.05) is 31.1 Å². The Hall–Kier alpha value is -2.19. The lowest BCUT2D eigenvalue weighted by Gasteiger charge is -2.07. The molecule has 0 radical (unpaired) electrons. The third-order valence-electron chi connectivity index (χ3n) is 3.31. The third kappa shape index (κ3) is 4.64. The minimum Gasteiger partial charge on any atom is -0.311 e. The average Bonchev–Trinajstić information content (AvgIpc) is 2.75. The number of amides is 1. The Morgan fingerprint density at radius 2 is 1.91 bits per heavy atom. The van der Waals surface area contributed by atoms with Gasteiger partial charge in [0.25, 0.3) is 0 Å². The molecule has 2 rings (SSSR count). The second-order valence-electron chi connectivity index (χ2n) is 5.28. The molecule has 2 aromatic rings. The highest BCUT2D eigenvalue weighted by Crippen LogP contribution is 2.27. The highest BCUT2D eigenvalue weighted by molar-refractivity contribution is 7.88. The SMILES string of the molecule is Cc1c(-c2ccccc2)nn(C)c1NC(=O)CCNS(C)(=O)=O. The van der Waals surface area contributed by atoms with Crippen LogP contribution in [0.2, 0.25) is 0 Å². The Morgan fingerprint density at radius 1 is 1.26 bits per heavy atom. The zero-order valence-electron chi connectivity index (χ0n) is 13.3. The van der Waals surface area contributed by atoms with E-state index in [0.29, 0.717) is 5.82 Å². The zero-order chi connectivity index (χ0) is 17.0. The van der Waals surface area contributed by atoms with E-state index in [4.69, 9.17) is 0 Å². The molecule has 0 saturated carbocycles. The lowest BCUT2D eigenvalue weighted by Crippen LogP contribution is -2.27. The van der Waals surface area contributed by atoms with Crippen molar-refractivity contribution in [3.63, 3.8) is 0 Å². The van der Waals surface area contributed by atoms with Gasteiger partial charge in [0.2, 0.25) is 15.9 Å². The fourth-order valence-electron chi connectivity index (χ4n) is 2.22. The molecule has 0 bridgehead atoms. The summed E-state index contributed by atoms with van der Waals surface area (Å²) in [6.07, 6.45) is 1.11. The smallest absolute Gasteiger partial charge is 0.226 e. The lowest BCUT2D eigenvalue weighted by atomic mass is 10.1. The van der Waals surface area contributed by atoms with E-state index < -0.39 is 10.0 Å². The molecule has 0 unspecified atom stereocenters. The monoisotopic (exact) mass is 336 g/mol.